The molecule has 0 bridgehead atoms. The van der Waals surface area contributed by atoms with Gasteiger partial charge in [-0.1, -0.05) is 176 Å². The maximum atomic E-state index is 12.1. The lowest BCUT2D eigenvalue weighted by Crippen LogP contribution is -2.32. The topological polar surface area (TPSA) is 72.7 Å². The fourth-order valence-corrected chi connectivity index (χ4v) is 9.65. The highest BCUT2D eigenvalue weighted by Crippen LogP contribution is 2.41. The molecule has 2 aromatic heterocycles. The summed E-state index contributed by atoms with van der Waals surface area (Å²) in [5.74, 6) is 0. The SMILES string of the molecule is CN(C)CCC(O)(c1ccccc1)c1cc(Br)cc2cc(Cc3ccccc3)c(Cl)nc12.CN(C)CCC(O)(c1ccccc1)c1cc2nc(Cl)c(Cc3ccccc3)cc2cc1Br. The molecule has 8 aromatic rings. The number of hydrogen-bond donors (Lipinski definition) is 2. The highest BCUT2D eigenvalue weighted by molar-refractivity contribution is 9.10. The number of aromatic nitrogens is 2. The van der Waals surface area contributed by atoms with Gasteiger partial charge in [0.1, 0.15) is 21.5 Å². The normalized spacial score (nSPS) is 13.4. The first-order valence-corrected chi connectivity index (χ1v) is 23.6. The van der Waals surface area contributed by atoms with E-state index in [1.54, 1.807) is 0 Å². The highest BCUT2D eigenvalue weighted by Gasteiger charge is 2.35. The molecule has 6 aromatic carbocycles. The predicted molar refractivity (Wildman–Crippen MR) is 273 cm³/mol. The molecular formula is C54H52Br2Cl2N4O2. The van der Waals surface area contributed by atoms with Crippen LogP contribution in [0, 0.1) is 0 Å². The molecule has 0 radical (unpaired) electrons. The van der Waals surface area contributed by atoms with Crippen molar-refractivity contribution in [2.24, 2.45) is 0 Å². The van der Waals surface area contributed by atoms with Crippen LogP contribution < -0.4 is 0 Å². The third-order valence-electron chi connectivity index (χ3n) is 11.5. The molecule has 0 spiro atoms. The van der Waals surface area contributed by atoms with Gasteiger partial charge in [0.2, 0.25) is 0 Å². The van der Waals surface area contributed by atoms with Crippen LogP contribution >= 0.6 is 55.1 Å². The molecule has 2 heterocycles. The van der Waals surface area contributed by atoms with Crippen LogP contribution in [0.1, 0.15) is 57.3 Å². The van der Waals surface area contributed by atoms with Crippen LogP contribution in [0.4, 0.5) is 0 Å². The second-order valence-corrected chi connectivity index (χ2v) is 19.3. The number of hydrogen-bond acceptors (Lipinski definition) is 6. The minimum atomic E-state index is -1.20. The second-order valence-electron chi connectivity index (χ2n) is 16.8. The first kappa shape index (κ1) is 47.5. The molecule has 2 unspecified atom stereocenters. The summed E-state index contributed by atoms with van der Waals surface area (Å²) < 4.78 is 1.75. The summed E-state index contributed by atoms with van der Waals surface area (Å²) in [6.45, 7) is 1.46. The van der Waals surface area contributed by atoms with Gasteiger partial charge in [0.05, 0.1) is 11.0 Å². The van der Waals surface area contributed by atoms with Crippen molar-refractivity contribution in [3.05, 3.63) is 221 Å². The van der Waals surface area contributed by atoms with Crippen molar-refractivity contribution in [1.29, 1.82) is 0 Å². The van der Waals surface area contributed by atoms with Crippen LogP contribution in [0.3, 0.4) is 0 Å². The Labute approximate surface area is 403 Å². The minimum absolute atomic E-state index is 0.466. The Morgan fingerprint density at radius 2 is 0.953 bits per heavy atom. The minimum Gasteiger partial charge on any atom is -0.380 e. The summed E-state index contributed by atoms with van der Waals surface area (Å²) in [5.41, 5.74) is 6.68. The van der Waals surface area contributed by atoms with Crippen LogP contribution in [-0.2, 0) is 24.0 Å². The smallest absolute Gasteiger partial charge is 0.133 e. The summed E-state index contributed by atoms with van der Waals surface area (Å²) in [7, 11) is 8.04. The molecule has 6 nitrogen and oxygen atoms in total. The van der Waals surface area contributed by atoms with Gasteiger partial charge in [-0.3, -0.25) is 0 Å². The van der Waals surface area contributed by atoms with E-state index in [0.29, 0.717) is 29.6 Å². The van der Waals surface area contributed by atoms with Crippen LogP contribution in [0.5, 0.6) is 0 Å². The first-order chi connectivity index (χ1) is 30.7. The van der Waals surface area contributed by atoms with Gasteiger partial charge in [0, 0.05) is 56.8 Å². The molecule has 0 aliphatic carbocycles. The van der Waals surface area contributed by atoms with E-state index in [0.717, 1.165) is 83.6 Å². The Bertz CT molecular complexity index is 2820. The van der Waals surface area contributed by atoms with E-state index in [1.807, 2.05) is 150 Å². The zero-order valence-electron chi connectivity index (χ0n) is 36.4. The van der Waals surface area contributed by atoms with Crippen molar-refractivity contribution < 1.29 is 10.2 Å². The Hall–Kier alpha value is -4.48. The zero-order chi connectivity index (χ0) is 45.4. The molecule has 328 valence electrons. The van der Waals surface area contributed by atoms with E-state index in [2.05, 4.69) is 78.1 Å². The number of rotatable bonds is 14. The van der Waals surface area contributed by atoms with E-state index in [9.17, 15) is 10.2 Å². The third kappa shape index (κ3) is 11.3. The Morgan fingerprint density at radius 1 is 0.516 bits per heavy atom. The number of halogens is 4. The maximum absolute atomic E-state index is 12.1. The van der Waals surface area contributed by atoms with Gasteiger partial charge in [-0.2, -0.15) is 0 Å². The van der Waals surface area contributed by atoms with Gasteiger partial charge in [0.15, 0.2) is 0 Å². The molecule has 10 heteroatoms. The van der Waals surface area contributed by atoms with E-state index in [1.165, 1.54) is 11.1 Å². The molecule has 0 amide bonds. The van der Waals surface area contributed by atoms with Gasteiger partial charge >= 0.3 is 0 Å². The Kier molecular flexibility index (Phi) is 15.7. The number of fused-ring (bicyclic) bond motifs is 2. The zero-order valence-corrected chi connectivity index (χ0v) is 41.1. The lowest BCUT2D eigenvalue weighted by molar-refractivity contribution is 0.0623. The average Bonchev–Trinajstić information content (AvgIpc) is 3.29. The molecule has 0 aliphatic rings. The van der Waals surface area contributed by atoms with Crippen LogP contribution in [0.25, 0.3) is 21.8 Å². The van der Waals surface area contributed by atoms with Crippen molar-refractivity contribution >= 4 is 76.9 Å². The summed E-state index contributed by atoms with van der Waals surface area (Å²) >= 11 is 20.7. The summed E-state index contributed by atoms with van der Waals surface area (Å²) in [6, 6.07) is 52.2. The maximum Gasteiger partial charge on any atom is 0.133 e. The molecular weight excluding hydrogens is 967 g/mol. The molecule has 2 N–H and O–H groups in total. The van der Waals surface area contributed by atoms with Gasteiger partial charge in [0.25, 0.3) is 0 Å². The van der Waals surface area contributed by atoms with E-state index in [-0.39, 0.29) is 0 Å². The van der Waals surface area contributed by atoms with E-state index >= 15 is 0 Å². The predicted octanol–water partition coefficient (Wildman–Crippen LogP) is 12.9. The van der Waals surface area contributed by atoms with Gasteiger partial charge < -0.3 is 20.0 Å². The van der Waals surface area contributed by atoms with Gasteiger partial charge in [-0.25, -0.2) is 9.97 Å². The summed E-state index contributed by atoms with van der Waals surface area (Å²) in [5, 5.41) is 26.9. The molecule has 0 saturated heterocycles. The number of aliphatic hydroxyl groups is 2. The van der Waals surface area contributed by atoms with E-state index < -0.39 is 11.2 Å². The van der Waals surface area contributed by atoms with Crippen molar-refractivity contribution in [1.82, 2.24) is 19.8 Å². The van der Waals surface area contributed by atoms with Gasteiger partial charge in [-0.15, -0.1) is 0 Å². The molecule has 0 fully saturated rings. The second kappa shape index (κ2) is 21.2. The summed E-state index contributed by atoms with van der Waals surface area (Å²) in [4.78, 5) is 13.7. The number of pyridine rings is 2. The third-order valence-corrected chi connectivity index (χ3v) is 13.3. The van der Waals surface area contributed by atoms with Crippen LogP contribution in [0.2, 0.25) is 10.3 Å². The van der Waals surface area contributed by atoms with E-state index in [4.69, 9.17) is 33.2 Å². The molecule has 0 aliphatic heterocycles. The molecule has 0 saturated carbocycles. The monoisotopic (exact) mass is 1020 g/mol. The highest BCUT2D eigenvalue weighted by atomic mass is 79.9. The fourth-order valence-electron chi connectivity index (χ4n) is 8.07. The Balaban J connectivity index is 0.000000191. The average molecular weight is 1020 g/mol. The number of nitrogens with zero attached hydrogens (tertiary/aromatic N) is 4. The van der Waals surface area contributed by atoms with Crippen molar-refractivity contribution in [2.75, 3.05) is 41.3 Å². The summed E-state index contributed by atoms with van der Waals surface area (Å²) in [6.07, 6.45) is 2.50. The van der Waals surface area contributed by atoms with Crippen molar-refractivity contribution in [3.8, 4) is 0 Å². The van der Waals surface area contributed by atoms with Crippen LogP contribution in [0.15, 0.2) is 167 Å². The van der Waals surface area contributed by atoms with Gasteiger partial charge in [-0.05, 0) is 111 Å². The number of benzene rings is 6. The lowest BCUT2D eigenvalue weighted by Gasteiger charge is -2.32. The Morgan fingerprint density at radius 3 is 1.44 bits per heavy atom. The van der Waals surface area contributed by atoms with Crippen molar-refractivity contribution in [3.63, 3.8) is 0 Å². The first-order valence-electron chi connectivity index (χ1n) is 21.2. The quantitative estimate of drug-likeness (QED) is 0.106. The van der Waals surface area contributed by atoms with Crippen molar-refractivity contribution in [2.45, 2.75) is 36.9 Å². The lowest BCUT2D eigenvalue weighted by atomic mass is 9.82. The fraction of sp³-hybridized carbons (Fsp3) is 0.222. The van der Waals surface area contributed by atoms with Crippen LogP contribution in [-0.4, -0.2) is 71.3 Å². The standard InChI is InChI=1S/2C27H26BrClN2O/c1-31(2)14-13-27(32,22-11-7-4-8-12-22)23-18-25-20(17-24(23)28)16-21(26(29)30-25)15-19-9-5-3-6-10-19;1-31(2)14-13-27(32,22-11-7-4-8-12-22)24-18-23(28)17-20-16-21(26(29)30-25(20)24)15-19-9-5-3-6-10-19/h2*3-12,16-18,32H,13-15H2,1-2H3. The molecule has 8 rings (SSSR count). The largest absolute Gasteiger partial charge is 0.380 e. The molecule has 64 heavy (non-hydrogen) atoms. The molecule has 2 atom stereocenters.